The van der Waals surface area contributed by atoms with E-state index in [0.717, 1.165) is 0 Å². The molecular weight excluding hydrogens is 337 g/mol. The second-order valence-corrected chi connectivity index (χ2v) is 5.93. The average molecular weight is 361 g/mol. The van der Waals surface area contributed by atoms with Gasteiger partial charge >= 0.3 is 0 Å². The van der Waals surface area contributed by atoms with Crippen molar-refractivity contribution < 1.29 is 18.8 Å². The summed E-state index contributed by atoms with van der Waals surface area (Å²) in [6, 6.07) is 0. The zero-order valence-corrected chi connectivity index (χ0v) is 15.1. The number of aliphatic imine (C=N–C) groups is 1. The van der Waals surface area contributed by atoms with E-state index in [-0.39, 0.29) is 37.2 Å². The summed E-state index contributed by atoms with van der Waals surface area (Å²) in [5.74, 6) is -0.645. The molecule has 1 amide bonds. The van der Waals surface area contributed by atoms with E-state index in [2.05, 4.69) is 17.0 Å². The number of hydrogen-bond donors (Lipinski definition) is 1. The topological polar surface area (TPSA) is 78.8 Å². The minimum absolute atomic E-state index is 0.103. The summed E-state index contributed by atoms with van der Waals surface area (Å²) in [5, 5.41) is 2.77. The van der Waals surface area contributed by atoms with Crippen molar-refractivity contribution in [3.8, 4) is 0 Å². The van der Waals surface area contributed by atoms with Gasteiger partial charge in [0, 0.05) is 42.6 Å². The van der Waals surface area contributed by atoms with Crippen molar-refractivity contribution in [3.05, 3.63) is 47.3 Å². The van der Waals surface area contributed by atoms with Gasteiger partial charge in [-0.15, -0.1) is 0 Å². The summed E-state index contributed by atoms with van der Waals surface area (Å²) < 4.78 is 12.3. The number of carbonyl (C=O) groups excluding carboxylic acids is 3. The molecule has 1 heterocycles. The van der Waals surface area contributed by atoms with E-state index in [1.807, 2.05) is 0 Å². The van der Waals surface area contributed by atoms with Crippen LogP contribution in [0.4, 0.5) is 4.39 Å². The highest BCUT2D eigenvalue weighted by atomic mass is 19.1. The molecule has 1 aliphatic rings. The molecular formula is C19H24FN3O3. The van der Waals surface area contributed by atoms with Crippen LogP contribution in [0.15, 0.2) is 52.3 Å². The van der Waals surface area contributed by atoms with Gasteiger partial charge in [0.2, 0.25) is 0 Å². The number of allylic oxidation sites excluding steroid dienone is 1. The first-order valence-electron chi connectivity index (χ1n) is 8.25. The molecule has 6 nitrogen and oxygen atoms in total. The van der Waals surface area contributed by atoms with Gasteiger partial charge in [-0.25, -0.2) is 4.39 Å². The van der Waals surface area contributed by atoms with Crippen LogP contribution in [-0.4, -0.2) is 55.9 Å². The summed E-state index contributed by atoms with van der Waals surface area (Å²) in [4.78, 5) is 40.8. The second kappa shape index (κ2) is 10.9. The Labute approximate surface area is 152 Å². The van der Waals surface area contributed by atoms with E-state index >= 15 is 0 Å². The van der Waals surface area contributed by atoms with E-state index < -0.39 is 6.67 Å². The molecule has 1 rings (SSSR count). The Kier molecular flexibility index (Phi) is 8.91. The van der Waals surface area contributed by atoms with Crippen LogP contribution in [0.25, 0.3) is 0 Å². The van der Waals surface area contributed by atoms with Gasteiger partial charge in [0.1, 0.15) is 13.0 Å². The molecule has 0 spiro atoms. The van der Waals surface area contributed by atoms with E-state index in [0.29, 0.717) is 23.0 Å². The number of amides is 1. The van der Waals surface area contributed by atoms with Gasteiger partial charge in [0.05, 0.1) is 6.54 Å². The Morgan fingerprint density at radius 2 is 2.19 bits per heavy atom. The van der Waals surface area contributed by atoms with Crippen LogP contribution >= 0.6 is 0 Å². The summed E-state index contributed by atoms with van der Waals surface area (Å²) >= 11 is 0. The summed E-state index contributed by atoms with van der Waals surface area (Å²) in [7, 11) is 0. The minimum Gasteiger partial charge on any atom is -0.388 e. The molecule has 7 heteroatoms. The zero-order chi connectivity index (χ0) is 19.5. The van der Waals surface area contributed by atoms with Crippen molar-refractivity contribution in [2.45, 2.75) is 13.8 Å². The van der Waals surface area contributed by atoms with Crippen LogP contribution in [0.2, 0.25) is 0 Å². The number of nitrogens with one attached hydrogen (secondary N) is 1. The van der Waals surface area contributed by atoms with E-state index in [1.54, 1.807) is 20.0 Å². The van der Waals surface area contributed by atoms with Crippen LogP contribution in [0.5, 0.6) is 0 Å². The first-order chi connectivity index (χ1) is 12.5. The Morgan fingerprint density at radius 3 is 2.77 bits per heavy atom. The number of alkyl halides is 1. The average Bonchev–Trinajstić information content (AvgIpc) is 2.92. The van der Waals surface area contributed by atoms with Gasteiger partial charge in [0.15, 0.2) is 5.78 Å². The highest BCUT2D eigenvalue weighted by Gasteiger charge is 2.33. The smallest absolute Gasteiger partial charge is 0.254 e. The molecule has 0 fully saturated rings. The highest BCUT2D eigenvalue weighted by Crippen LogP contribution is 2.24. The van der Waals surface area contributed by atoms with Gasteiger partial charge in [-0.1, -0.05) is 19.9 Å². The summed E-state index contributed by atoms with van der Waals surface area (Å²) in [5.41, 5.74) is 1.34. The lowest BCUT2D eigenvalue weighted by Gasteiger charge is -2.18. The molecule has 0 aliphatic carbocycles. The van der Waals surface area contributed by atoms with Crippen molar-refractivity contribution >= 4 is 24.7 Å². The fraction of sp³-hybridized carbons (Fsp3) is 0.368. The van der Waals surface area contributed by atoms with Gasteiger partial charge in [-0.3, -0.25) is 19.4 Å². The van der Waals surface area contributed by atoms with Crippen molar-refractivity contribution in [2.75, 3.05) is 26.3 Å². The number of hydrogen-bond acceptors (Lipinski definition) is 5. The normalized spacial score (nSPS) is 15.6. The van der Waals surface area contributed by atoms with Crippen LogP contribution in [-0.2, 0) is 14.4 Å². The van der Waals surface area contributed by atoms with Gasteiger partial charge in [-0.05, 0) is 24.4 Å². The molecule has 0 unspecified atom stereocenters. The number of carbonyl (C=O) groups is 3. The van der Waals surface area contributed by atoms with Crippen LogP contribution in [0.1, 0.15) is 13.8 Å². The molecule has 0 aromatic carbocycles. The Morgan fingerprint density at radius 1 is 1.46 bits per heavy atom. The van der Waals surface area contributed by atoms with Crippen LogP contribution < -0.4 is 5.32 Å². The molecule has 1 aliphatic heterocycles. The molecule has 0 radical (unpaired) electrons. The third kappa shape index (κ3) is 5.91. The van der Waals surface area contributed by atoms with Crippen LogP contribution in [0, 0.1) is 5.92 Å². The Bertz CT molecular complexity index is 676. The second-order valence-electron chi connectivity index (χ2n) is 5.93. The quantitative estimate of drug-likeness (QED) is 0.200. The monoisotopic (exact) mass is 361 g/mol. The predicted octanol–water partition coefficient (Wildman–Crippen LogP) is 1.76. The molecule has 1 N–H and O–H groups in total. The largest absolute Gasteiger partial charge is 0.388 e. The Hall–Kier alpha value is -2.83. The fourth-order valence-electron chi connectivity index (χ4n) is 2.42. The standard InChI is InChI=1S/C19H24FN3O3/c1-14(2)18(25)17-13-23(19(26)16(17)6-8-21-3)12-15(5-4-10-24)11-22-9-7-20/h4-6,8,10-11,14,22H,3,7,9,12-13H2,1-2H3/b5-4?,8-6-,15-11?. The zero-order valence-electron chi connectivity index (χ0n) is 15.1. The van der Waals surface area contributed by atoms with Crippen molar-refractivity contribution in [1.82, 2.24) is 10.2 Å². The van der Waals surface area contributed by atoms with Gasteiger partial charge < -0.3 is 10.2 Å². The first-order valence-corrected chi connectivity index (χ1v) is 8.25. The number of rotatable bonds is 11. The summed E-state index contributed by atoms with van der Waals surface area (Å²) in [6.45, 7) is 6.81. The van der Waals surface area contributed by atoms with Crippen LogP contribution in [0.3, 0.4) is 0 Å². The Balaban J connectivity index is 3.06. The first kappa shape index (κ1) is 21.2. The number of Topliss-reactive ketones (excluding diaryl/α,β-unsaturated/α-hetero) is 1. The number of ketones is 1. The highest BCUT2D eigenvalue weighted by molar-refractivity contribution is 6.11. The SMILES string of the molecule is C=N/C=C\C1=C(C(=O)C(C)C)CN(CC(C=CC=O)=CNCCF)C1=O. The maximum absolute atomic E-state index is 12.7. The van der Waals surface area contributed by atoms with Gasteiger partial charge in [0.25, 0.3) is 5.91 Å². The minimum atomic E-state index is -0.540. The molecule has 0 saturated carbocycles. The van der Waals surface area contributed by atoms with Crippen molar-refractivity contribution in [3.63, 3.8) is 0 Å². The molecule has 0 atom stereocenters. The maximum atomic E-state index is 12.7. The third-order valence-corrected chi connectivity index (χ3v) is 3.65. The van der Waals surface area contributed by atoms with E-state index in [4.69, 9.17) is 0 Å². The van der Waals surface area contributed by atoms with Gasteiger partial charge in [-0.2, -0.15) is 0 Å². The molecule has 140 valence electrons. The third-order valence-electron chi connectivity index (χ3n) is 3.65. The van der Waals surface area contributed by atoms with Crippen molar-refractivity contribution in [2.24, 2.45) is 10.9 Å². The number of nitrogens with zero attached hydrogens (tertiary/aromatic N) is 2. The molecule has 0 bridgehead atoms. The number of aldehydes is 1. The maximum Gasteiger partial charge on any atom is 0.254 e. The fourth-order valence-corrected chi connectivity index (χ4v) is 2.42. The molecule has 0 aromatic heterocycles. The van der Waals surface area contributed by atoms with Crippen molar-refractivity contribution in [1.29, 1.82) is 0 Å². The summed E-state index contributed by atoms with van der Waals surface area (Å²) in [6.07, 6.45) is 7.85. The lowest BCUT2D eigenvalue weighted by atomic mass is 9.98. The molecule has 0 saturated heterocycles. The molecule has 26 heavy (non-hydrogen) atoms. The van der Waals surface area contributed by atoms with E-state index in [9.17, 15) is 18.8 Å². The lowest BCUT2D eigenvalue weighted by molar-refractivity contribution is -0.124. The van der Waals surface area contributed by atoms with E-state index in [1.165, 1.54) is 29.3 Å². The molecule has 0 aromatic rings. The lowest BCUT2D eigenvalue weighted by Crippen LogP contribution is -2.30. The number of halogens is 1. The predicted molar refractivity (Wildman–Crippen MR) is 99.4 cm³/mol.